The second-order valence-electron chi connectivity index (χ2n) is 9.19. The molecule has 0 atom stereocenters. The second kappa shape index (κ2) is 9.31. The minimum absolute atomic E-state index is 0.0745. The average molecular weight is 491 g/mol. The fourth-order valence-corrected chi connectivity index (χ4v) is 4.77. The van der Waals surface area contributed by atoms with Gasteiger partial charge in [-0.3, -0.25) is 9.59 Å². The van der Waals surface area contributed by atoms with Crippen LogP contribution in [-0.2, 0) is 6.18 Å². The zero-order valence-electron chi connectivity index (χ0n) is 19.1. The molecule has 10 heteroatoms. The summed E-state index contributed by atoms with van der Waals surface area (Å²) in [4.78, 5) is 40.2. The zero-order chi connectivity index (χ0) is 25.4. The molecule has 1 N–H and O–H groups in total. The maximum Gasteiger partial charge on any atom is 0.419 e. The van der Waals surface area contributed by atoms with Gasteiger partial charge < -0.3 is 15.1 Å². The number of likely N-dealkylation sites (tertiary alicyclic amines) is 2. The molecule has 2 fully saturated rings. The number of ketones is 1. The maximum atomic E-state index is 14.3. The number of carbonyl (C=O) groups is 3. The monoisotopic (exact) mass is 491 g/mol. The van der Waals surface area contributed by atoms with Gasteiger partial charge in [0, 0.05) is 37.3 Å². The van der Waals surface area contributed by atoms with E-state index in [4.69, 9.17) is 0 Å². The molecule has 2 aromatic rings. The summed E-state index contributed by atoms with van der Waals surface area (Å²) in [5, 5.41) is 2.27. The number of hydrogen-bond acceptors (Lipinski definition) is 3. The highest BCUT2D eigenvalue weighted by Crippen LogP contribution is 2.41. The fraction of sp³-hybridized carbons (Fsp3) is 0.400. The number of rotatable bonds is 3. The lowest BCUT2D eigenvalue weighted by atomic mass is 9.77. The SMILES string of the molecule is CC(=O)c1ccc(C(=O)N2CCC3(CCN(C(=O)Nc4cccc(C(F)(F)F)c4F)C3)CC2)cc1. The first-order valence-electron chi connectivity index (χ1n) is 11.3. The van der Waals surface area contributed by atoms with Crippen molar-refractivity contribution in [3.05, 3.63) is 65.0 Å². The molecule has 2 aliphatic rings. The Bertz CT molecular complexity index is 1140. The van der Waals surface area contributed by atoms with Gasteiger partial charge in [-0.15, -0.1) is 0 Å². The number of hydrogen-bond donors (Lipinski definition) is 1. The molecule has 0 aromatic heterocycles. The summed E-state index contributed by atoms with van der Waals surface area (Å²) in [5.41, 5.74) is -1.10. The Labute approximate surface area is 199 Å². The number of urea groups is 1. The third-order valence-corrected chi connectivity index (χ3v) is 6.92. The van der Waals surface area contributed by atoms with Crippen LogP contribution < -0.4 is 5.32 Å². The van der Waals surface area contributed by atoms with Crippen molar-refractivity contribution in [1.29, 1.82) is 0 Å². The van der Waals surface area contributed by atoms with E-state index >= 15 is 0 Å². The lowest BCUT2D eigenvalue weighted by molar-refractivity contribution is -0.139. The molecule has 2 aromatic carbocycles. The fourth-order valence-electron chi connectivity index (χ4n) is 4.77. The average Bonchev–Trinajstić information content (AvgIpc) is 3.23. The van der Waals surface area contributed by atoms with Gasteiger partial charge in [0.2, 0.25) is 0 Å². The Morgan fingerprint density at radius 3 is 2.03 bits per heavy atom. The molecule has 2 heterocycles. The summed E-state index contributed by atoms with van der Waals surface area (Å²) < 4.78 is 53.1. The third kappa shape index (κ3) is 5.16. The summed E-state index contributed by atoms with van der Waals surface area (Å²) in [7, 11) is 0. The Hall–Kier alpha value is -3.43. The molecule has 186 valence electrons. The molecular formula is C25H25F4N3O3. The summed E-state index contributed by atoms with van der Waals surface area (Å²) >= 11 is 0. The topological polar surface area (TPSA) is 69.7 Å². The molecule has 4 rings (SSSR count). The van der Waals surface area contributed by atoms with E-state index < -0.39 is 29.3 Å². The summed E-state index contributed by atoms with van der Waals surface area (Å²) in [5.74, 6) is -1.71. The standard InChI is InChI=1S/C25H25F4N3O3/c1-16(33)17-5-7-18(8-6-17)22(34)31-12-9-24(10-13-31)11-14-32(15-24)23(35)30-20-4-2-3-19(21(20)26)25(27,28)29/h2-8H,9-15H2,1H3,(H,30,35). The van der Waals surface area contributed by atoms with E-state index in [-0.39, 0.29) is 17.1 Å². The lowest BCUT2D eigenvalue weighted by Gasteiger charge is -2.39. The van der Waals surface area contributed by atoms with Gasteiger partial charge in [0.15, 0.2) is 11.6 Å². The van der Waals surface area contributed by atoms with Gasteiger partial charge in [0.1, 0.15) is 0 Å². The van der Waals surface area contributed by atoms with Crippen LogP contribution in [0.15, 0.2) is 42.5 Å². The zero-order valence-corrected chi connectivity index (χ0v) is 19.1. The normalized spacial score (nSPS) is 17.5. The summed E-state index contributed by atoms with van der Waals surface area (Å²) in [6.45, 7) is 3.25. The van der Waals surface area contributed by atoms with E-state index in [1.807, 2.05) is 0 Å². The predicted octanol–water partition coefficient (Wildman–Crippen LogP) is 5.21. The van der Waals surface area contributed by atoms with E-state index in [1.54, 1.807) is 29.2 Å². The number of benzene rings is 2. The number of nitrogens with zero attached hydrogens (tertiary/aromatic N) is 2. The highest BCUT2D eigenvalue weighted by Gasteiger charge is 2.43. The van der Waals surface area contributed by atoms with E-state index in [2.05, 4.69) is 5.32 Å². The van der Waals surface area contributed by atoms with Crippen molar-refractivity contribution in [2.75, 3.05) is 31.5 Å². The largest absolute Gasteiger partial charge is 0.419 e. The van der Waals surface area contributed by atoms with Gasteiger partial charge in [0.25, 0.3) is 5.91 Å². The first-order chi connectivity index (χ1) is 16.5. The highest BCUT2D eigenvalue weighted by molar-refractivity contribution is 5.97. The number of nitrogens with one attached hydrogen (secondary N) is 1. The maximum absolute atomic E-state index is 14.3. The minimum Gasteiger partial charge on any atom is -0.339 e. The van der Waals surface area contributed by atoms with Gasteiger partial charge in [-0.1, -0.05) is 18.2 Å². The molecule has 0 saturated carbocycles. The van der Waals surface area contributed by atoms with Crippen LogP contribution in [0.5, 0.6) is 0 Å². The number of anilines is 1. The van der Waals surface area contributed by atoms with E-state index in [1.165, 1.54) is 11.8 Å². The van der Waals surface area contributed by atoms with Crippen LogP contribution in [0.3, 0.4) is 0 Å². The van der Waals surface area contributed by atoms with Crippen LogP contribution in [0.2, 0.25) is 0 Å². The van der Waals surface area contributed by atoms with Gasteiger partial charge in [-0.25, -0.2) is 9.18 Å². The van der Waals surface area contributed by atoms with Crippen molar-refractivity contribution in [3.63, 3.8) is 0 Å². The van der Waals surface area contributed by atoms with Crippen molar-refractivity contribution in [3.8, 4) is 0 Å². The number of carbonyl (C=O) groups excluding carboxylic acids is 3. The van der Waals surface area contributed by atoms with Crippen LogP contribution in [0, 0.1) is 11.2 Å². The van der Waals surface area contributed by atoms with Crippen LogP contribution >= 0.6 is 0 Å². The van der Waals surface area contributed by atoms with Crippen molar-refractivity contribution in [2.24, 2.45) is 5.41 Å². The van der Waals surface area contributed by atoms with Crippen molar-refractivity contribution in [1.82, 2.24) is 9.80 Å². The van der Waals surface area contributed by atoms with Gasteiger partial charge in [-0.05, 0) is 55.9 Å². The Kier molecular flexibility index (Phi) is 6.57. The van der Waals surface area contributed by atoms with Gasteiger partial charge >= 0.3 is 12.2 Å². The number of piperidine rings is 1. The first kappa shape index (κ1) is 24.7. The molecule has 2 aliphatic heterocycles. The summed E-state index contributed by atoms with van der Waals surface area (Å²) in [6, 6.07) is 8.65. The lowest BCUT2D eigenvalue weighted by Crippen LogP contribution is -2.45. The smallest absolute Gasteiger partial charge is 0.339 e. The Morgan fingerprint density at radius 1 is 0.886 bits per heavy atom. The van der Waals surface area contributed by atoms with Crippen LogP contribution in [0.25, 0.3) is 0 Å². The van der Waals surface area contributed by atoms with E-state index in [9.17, 15) is 31.9 Å². The number of amides is 3. The first-order valence-corrected chi connectivity index (χ1v) is 11.3. The number of alkyl halides is 3. The van der Waals surface area contributed by atoms with Crippen molar-refractivity contribution >= 4 is 23.4 Å². The molecule has 35 heavy (non-hydrogen) atoms. The number of Topliss-reactive ketones (excluding diaryl/α,β-unsaturated/α-hetero) is 1. The Balaban J connectivity index is 1.35. The minimum atomic E-state index is -4.86. The molecule has 2 saturated heterocycles. The predicted molar refractivity (Wildman–Crippen MR) is 121 cm³/mol. The highest BCUT2D eigenvalue weighted by atomic mass is 19.4. The molecule has 0 unspecified atom stereocenters. The quantitative estimate of drug-likeness (QED) is 0.474. The summed E-state index contributed by atoms with van der Waals surface area (Å²) in [6.07, 6.45) is -2.82. The van der Waals surface area contributed by atoms with Crippen LogP contribution in [0.1, 0.15) is 52.5 Å². The molecule has 0 radical (unpaired) electrons. The molecule has 1 spiro atoms. The van der Waals surface area contributed by atoms with Crippen LogP contribution in [0.4, 0.5) is 28.0 Å². The van der Waals surface area contributed by atoms with Crippen molar-refractivity contribution in [2.45, 2.75) is 32.4 Å². The van der Waals surface area contributed by atoms with Crippen molar-refractivity contribution < 1.29 is 31.9 Å². The Morgan fingerprint density at radius 2 is 1.46 bits per heavy atom. The second-order valence-corrected chi connectivity index (χ2v) is 9.19. The molecular weight excluding hydrogens is 466 g/mol. The molecule has 6 nitrogen and oxygen atoms in total. The third-order valence-electron chi connectivity index (χ3n) is 6.92. The molecule has 0 bridgehead atoms. The number of halogens is 4. The van der Waals surface area contributed by atoms with Gasteiger partial charge in [0.05, 0.1) is 11.3 Å². The van der Waals surface area contributed by atoms with E-state index in [0.29, 0.717) is 62.6 Å². The van der Waals surface area contributed by atoms with Crippen LogP contribution in [-0.4, -0.2) is 53.7 Å². The molecule has 0 aliphatic carbocycles. The van der Waals surface area contributed by atoms with E-state index in [0.717, 1.165) is 12.1 Å². The molecule has 3 amide bonds. The van der Waals surface area contributed by atoms with Gasteiger partial charge in [-0.2, -0.15) is 13.2 Å².